The maximum Gasteiger partial charge on any atom is 0.472 e. The van der Waals surface area contributed by atoms with Gasteiger partial charge in [-0.3, -0.25) is 18.6 Å². The first-order valence-corrected chi connectivity index (χ1v) is 28.1. The van der Waals surface area contributed by atoms with Crippen LogP contribution >= 0.6 is 7.82 Å². The fourth-order valence-electron chi connectivity index (χ4n) is 7.33. The molecule has 0 aliphatic carbocycles. The molecule has 0 rings (SSSR count). The van der Waals surface area contributed by atoms with Crippen LogP contribution in [0.5, 0.6) is 0 Å². The van der Waals surface area contributed by atoms with Crippen LogP contribution in [-0.2, 0) is 27.9 Å². The van der Waals surface area contributed by atoms with Gasteiger partial charge in [0.1, 0.15) is 19.3 Å². The van der Waals surface area contributed by atoms with Crippen LogP contribution in [0.15, 0.2) is 60.8 Å². The average molecular weight is 934 g/mol. The van der Waals surface area contributed by atoms with Gasteiger partial charge >= 0.3 is 13.8 Å². The molecule has 378 valence electrons. The topological polar surface area (TPSA) is 111 Å². The van der Waals surface area contributed by atoms with Crippen LogP contribution in [0.25, 0.3) is 0 Å². The molecule has 0 aliphatic rings. The number of likely N-dealkylation sites (N-methyl/N-ethyl adjacent to an activating group) is 1. The lowest BCUT2D eigenvalue weighted by Gasteiger charge is -2.27. The Morgan fingerprint density at radius 1 is 0.554 bits per heavy atom. The highest BCUT2D eigenvalue weighted by atomic mass is 31.2. The number of phosphoric ester groups is 1. The summed E-state index contributed by atoms with van der Waals surface area (Å²) in [6.45, 7) is 6.81. The summed E-state index contributed by atoms with van der Waals surface area (Å²) in [7, 11) is 1.48. The predicted octanol–water partition coefficient (Wildman–Crippen LogP) is 15.5. The van der Waals surface area contributed by atoms with Crippen LogP contribution in [0.2, 0.25) is 0 Å². The van der Waals surface area contributed by atoms with Gasteiger partial charge < -0.3 is 19.4 Å². The minimum absolute atomic E-state index is 0.0350. The van der Waals surface area contributed by atoms with Crippen LogP contribution in [0, 0.1) is 0 Å². The number of rotatable bonds is 47. The maximum atomic E-state index is 13.4. The molecule has 0 saturated heterocycles. The zero-order valence-electron chi connectivity index (χ0n) is 43.0. The van der Waals surface area contributed by atoms with Crippen molar-refractivity contribution in [1.29, 1.82) is 0 Å². The Morgan fingerprint density at radius 2 is 1.02 bits per heavy atom. The van der Waals surface area contributed by atoms with Gasteiger partial charge in [0, 0.05) is 12.8 Å². The van der Waals surface area contributed by atoms with Gasteiger partial charge in [-0.05, 0) is 70.3 Å². The number of amides is 1. The van der Waals surface area contributed by atoms with Crippen LogP contribution in [0.1, 0.15) is 226 Å². The van der Waals surface area contributed by atoms with Crippen molar-refractivity contribution in [3.63, 3.8) is 0 Å². The molecule has 0 radical (unpaired) electrons. The molecule has 65 heavy (non-hydrogen) atoms. The first-order valence-electron chi connectivity index (χ1n) is 26.6. The maximum absolute atomic E-state index is 13.4. The number of carbonyl (C=O) groups excluding carboxylic acids is 2. The van der Waals surface area contributed by atoms with Gasteiger partial charge in [-0.2, -0.15) is 0 Å². The summed E-state index contributed by atoms with van der Waals surface area (Å²) < 4.78 is 30.5. The molecule has 0 heterocycles. The molecule has 0 saturated carbocycles. The van der Waals surface area contributed by atoms with Gasteiger partial charge in [-0.15, -0.1) is 0 Å². The number of hydrogen-bond acceptors (Lipinski definition) is 6. The first-order chi connectivity index (χ1) is 31.4. The molecule has 10 heteroatoms. The lowest BCUT2D eigenvalue weighted by atomic mass is 10.0. The Hall–Kier alpha value is -2.29. The van der Waals surface area contributed by atoms with Gasteiger partial charge in [0.15, 0.2) is 0 Å². The molecule has 3 unspecified atom stereocenters. The second kappa shape index (κ2) is 45.5. The first kappa shape index (κ1) is 62.7. The number of carbonyl (C=O) groups is 2. The van der Waals surface area contributed by atoms with Gasteiger partial charge in [0.25, 0.3) is 0 Å². The second-order valence-electron chi connectivity index (χ2n) is 19.1. The van der Waals surface area contributed by atoms with E-state index in [1.165, 1.54) is 89.9 Å². The lowest BCUT2D eigenvalue weighted by molar-refractivity contribution is -0.870. The Kier molecular flexibility index (Phi) is 43.9. The summed E-state index contributed by atoms with van der Waals surface area (Å²) in [4.78, 5) is 37.4. The van der Waals surface area contributed by atoms with Crippen molar-refractivity contribution in [3.05, 3.63) is 60.8 Å². The molecule has 0 aromatic carbocycles. The van der Waals surface area contributed by atoms with Crippen molar-refractivity contribution in [2.45, 2.75) is 238 Å². The van der Waals surface area contributed by atoms with Gasteiger partial charge in [0.05, 0.1) is 33.8 Å². The number of quaternary nitrogens is 1. The zero-order valence-corrected chi connectivity index (χ0v) is 43.9. The molecule has 2 N–H and O–H groups in total. The summed E-state index contributed by atoms with van der Waals surface area (Å²) in [5.74, 6) is -0.533. The van der Waals surface area contributed by atoms with Crippen molar-refractivity contribution >= 4 is 19.7 Å². The van der Waals surface area contributed by atoms with Crippen LogP contribution in [0.3, 0.4) is 0 Å². The molecular weight excluding hydrogens is 832 g/mol. The fraction of sp³-hybridized carbons (Fsp3) is 0.782. The second-order valence-corrected chi connectivity index (χ2v) is 20.5. The summed E-state index contributed by atoms with van der Waals surface area (Å²) >= 11 is 0. The third-order valence-corrected chi connectivity index (χ3v) is 12.5. The normalized spacial score (nSPS) is 14.4. The fourth-order valence-corrected chi connectivity index (χ4v) is 8.07. The highest BCUT2D eigenvalue weighted by molar-refractivity contribution is 7.47. The Balaban J connectivity index is 5.45. The van der Waals surface area contributed by atoms with E-state index in [4.69, 9.17) is 13.8 Å². The largest absolute Gasteiger partial charge is 0.472 e. The van der Waals surface area contributed by atoms with E-state index in [2.05, 4.69) is 74.7 Å². The highest BCUT2D eigenvalue weighted by Crippen LogP contribution is 2.43. The summed E-state index contributed by atoms with van der Waals surface area (Å²) in [5.41, 5.74) is 0. The quantitative estimate of drug-likeness (QED) is 0.0156. The van der Waals surface area contributed by atoms with Crippen molar-refractivity contribution in [1.82, 2.24) is 5.32 Å². The van der Waals surface area contributed by atoms with E-state index in [9.17, 15) is 19.0 Å². The molecule has 1 amide bonds. The van der Waals surface area contributed by atoms with E-state index in [0.29, 0.717) is 17.4 Å². The smallest absolute Gasteiger partial charge is 0.456 e. The number of nitrogens with one attached hydrogen (secondary N) is 1. The van der Waals surface area contributed by atoms with E-state index in [0.717, 1.165) is 103 Å². The molecule has 0 fully saturated rings. The number of ether oxygens (including phenoxy) is 1. The minimum Gasteiger partial charge on any atom is -0.456 e. The van der Waals surface area contributed by atoms with Gasteiger partial charge in [-0.25, -0.2) is 4.57 Å². The van der Waals surface area contributed by atoms with E-state index in [1.807, 2.05) is 33.3 Å². The monoisotopic (exact) mass is 934 g/mol. The Morgan fingerprint density at radius 3 is 1.55 bits per heavy atom. The third-order valence-electron chi connectivity index (χ3n) is 11.5. The van der Waals surface area contributed by atoms with E-state index < -0.39 is 20.0 Å². The van der Waals surface area contributed by atoms with Crippen LogP contribution in [-0.4, -0.2) is 74.3 Å². The van der Waals surface area contributed by atoms with Gasteiger partial charge in [-0.1, -0.05) is 204 Å². The Labute approximate surface area is 401 Å². The molecular formula is C55H102N2O7P+. The molecule has 0 aromatic rings. The average Bonchev–Trinajstić information content (AvgIpc) is 3.26. The molecule has 0 spiro atoms. The molecule has 0 aliphatic heterocycles. The number of unbranched alkanes of at least 4 members (excludes halogenated alkanes) is 25. The predicted molar refractivity (Wildman–Crippen MR) is 277 cm³/mol. The summed E-state index contributed by atoms with van der Waals surface area (Å²) in [6.07, 6.45) is 55.0. The van der Waals surface area contributed by atoms with Crippen molar-refractivity contribution in [3.8, 4) is 0 Å². The summed E-state index contributed by atoms with van der Waals surface area (Å²) in [5, 5.41) is 3.03. The molecule has 0 aromatic heterocycles. The minimum atomic E-state index is -4.44. The number of allylic oxidation sites excluding steroid dienone is 9. The van der Waals surface area contributed by atoms with Crippen molar-refractivity contribution < 1.29 is 37.3 Å². The zero-order chi connectivity index (χ0) is 48.0. The lowest BCUT2D eigenvalue weighted by Crippen LogP contribution is -2.47. The third kappa shape index (κ3) is 46.6. The standard InChI is InChI=1S/C55H101N2O7P/c1-7-10-13-16-19-22-25-27-28-30-33-36-39-42-45-48-55(59)64-53(46-43-40-37-34-32-29-26-23-20-17-14-11-8-2)52(51-63-65(60,61)62-50-49-57(4,5)6)56-54(58)47-44-41-38-35-31-24-21-18-15-12-9-3/h10,13,16,18-19,21-22,25,43,46,52-53H,7-9,11-12,14-15,17,20,23-24,26-42,44-45,47-51H2,1-6H3,(H-,56,58,60,61)/p+1/b13-10+,19-16+,21-18-,25-22+,46-43+. The Bertz CT molecular complexity index is 1300. The highest BCUT2D eigenvalue weighted by Gasteiger charge is 2.30. The van der Waals surface area contributed by atoms with Crippen LogP contribution in [0.4, 0.5) is 0 Å². The van der Waals surface area contributed by atoms with Crippen molar-refractivity contribution in [2.75, 3.05) is 40.9 Å². The van der Waals surface area contributed by atoms with Crippen molar-refractivity contribution in [2.24, 2.45) is 0 Å². The number of phosphoric acid groups is 1. The molecule has 0 bridgehead atoms. The SMILES string of the molecule is CC/C=C/C=C/C=C/CCCCCCCCCC(=O)OC(/C=C/CCCCCCCCCCCCC)C(COP(=O)(O)OCC[N+](C)(C)C)NC(=O)CCCCCCC/C=C\CCCC. The van der Waals surface area contributed by atoms with E-state index in [-0.39, 0.29) is 31.5 Å². The molecule has 3 atom stereocenters. The van der Waals surface area contributed by atoms with E-state index in [1.54, 1.807) is 0 Å². The van der Waals surface area contributed by atoms with E-state index >= 15 is 0 Å². The number of hydrogen-bond donors (Lipinski definition) is 2. The number of nitrogens with zero attached hydrogens (tertiary/aromatic N) is 1. The molecule has 9 nitrogen and oxygen atoms in total. The van der Waals surface area contributed by atoms with Crippen LogP contribution < -0.4 is 5.32 Å². The number of esters is 1. The van der Waals surface area contributed by atoms with Gasteiger partial charge in [0.2, 0.25) is 5.91 Å². The summed E-state index contributed by atoms with van der Waals surface area (Å²) in [6, 6.07) is -0.856.